The van der Waals surface area contributed by atoms with Crippen molar-refractivity contribution >= 4 is 27.7 Å². The van der Waals surface area contributed by atoms with Gasteiger partial charge in [-0.05, 0) is 22.0 Å². The number of esters is 1. The van der Waals surface area contributed by atoms with E-state index in [9.17, 15) is 9.59 Å². The second kappa shape index (κ2) is 5.07. The summed E-state index contributed by atoms with van der Waals surface area (Å²) in [7, 11) is 1.29. The molecule has 3 nitrogen and oxygen atoms in total. The number of halogens is 1. The van der Waals surface area contributed by atoms with Crippen LogP contribution in [0.2, 0.25) is 0 Å². The second-order valence-electron chi connectivity index (χ2n) is 2.93. The molecule has 1 rings (SSSR count). The van der Waals surface area contributed by atoms with Gasteiger partial charge >= 0.3 is 5.97 Å². The van der Waals surface area contributed by atoms with Crippen LogP contribution < -0.4 is 0 Å². The van der Waals surface area contributed by atoms with Gasteiger partial charge in [0.2, 0.25) is 0 Å². The molecule has 80 valence electrons. The number of benzene rings is 1. The normalized spacial score (nSPS) is 9.80. The highest BCUT2D eigenvalue weighted by Gasteiger charge is 2.19. The molecule has 1 aromatic carbocycles. The van der Waals surface area contributed by atoms with Gasteiger partial charge in [-0.1, -0.05) is 19.1 Å². The van der Waals surface area contributed by atoms with Crippen molar-refractivity contribution in [1.82, 2.24) is 0 Å². The summed E-state index contributed by atoms with van der Waals surface area (Å²) in [5.74, 6) is -0.573. The van der Waals surface area contributed by atoms with Crippen molar-refractivity contribution in [2.75, 3.05) is 7.11 Å². The van der Waals surface area contributed by atoms with E-state index in [1.54, 1.807) is 25.1 Å². The summed E-state index contributed by atoms with van der Waals surface area (Å²) in [4.78, 5) is 23.0. The molecular weight excluding hydrogens is 260 g/mol. The van der Waals surface area contributed by atoms with Crippen molar-refractivity contribution in [3.8, 4) is 0 Å². The minimum atomic E-state index is -0.501. The lowest BCUT2D eigenvalue weighted by Crippen LogP contribution is -2.10. The van der Waals surface area contributed by atoms with Crippen LogP contribution in [0.15, 0.2) is 22.7 Å². The molecule has 0 heterocycles. The maximum absolute atomic E-state index is 11.6. The maximum atomic E-state index is 11.6. The molecule has 0 bridgehead atoms. The minimum Gasteiger partial charge on any atom is -0.465 e. The van der Waals surface area contributed by atoms with Gasteiger partial charge in [-0.25, -0.2) is 4.79 Å². The highest BCUT2D eigenvalue weighted by molar-refractivity contribution is 9.10. The fourth-order valence-electron chi connectivity index (χ4n) is 1.26. The van der Waals surface area contributed by atoms with E-state index in [0.29, 0.717) is 22.0 Å². The topological polar surface area (TPSA) is 43.4 Å². The predicted octanol–water partition coefficient (Wildman–Crippen LogP) is 2.83. The molecule has 0 spiro atoms. The smallest absolute Gasteiger partial charge is 0.339 e. The molecular formula is C11H11BrO3. The molecule has 0 aliphatic rings. The molecule has 0 unspecified atom stereocenters. The van der Waals surface area contributed by atoms with Crippen molar-refractivity contribution < 1.29 is 14.3 Å². The average molecular weight is 271 g/mol. The van der Waals surface area contributed by atoms with Crippen LogP contribution in [0.3, 0.4) is 0 Å². The van der Waals surface area contributed by atoms with Crippen molar-refractivity contribution in [3.63, 3.8) is 0 Å². The molecule has 0 saturated heterocycles. The Morgan fingerprint density at radius 2 is 2.07 bits per heavy atom. The van der Waals surface area contributed by atoms with Crippen LogP contribution in [0, 0.1) is 0 Å². The Morgan fingerprint density at radius 1 is 1.40 bits per heavy atom. The van der Waals surface area contributed by atoms with E-state index in [-0.39, 0.29) is 5.78 Å². The molecule has 0 saturated carbocycles. The standard InChI is InChI=1S/C11H11BrO3/c1-3-9(13)7-5-4-6-8(12)10(7)11(14)15-2/h4-6H,3H2,1-2H3. The third kappa shape index (κ3) is 2.45. The molecule has 0 aliphatic carbocycles. The third-order valence-electron chi connectivity index (χ3n) is 2.02. The van der Waals surface area contributed by atoms with Gasteiger partial charge in [0.1, 0.15) is 0 Å². The Labute approximate surface area is 96.6 Å². The maximum Gasteiger partial charge on any atom is 0.339 e. The molecule has 0 aromatic heterocycles. The molecule has 1 aromatic rings. The molecule has 0 fully saturated rings. The van der Waals surface area contributed by atoms with E-state index >= 15 is 0 Å². The summed E-state index contributed by atoms with van der Waals surface area (Å²) in [6.07, 6.45) is 0.362. The first-order valence-corrected chi connectivity index (χ1v) is 5.31. The van der Waals surface area contributed by atoms with Crippen LogP contribution in [0.1, 0.15) is 34.1 Å². The summed E-state index contributed by atoms with van der Waals surface area (Å²) >= 11 is 3.23. The van der Waals surface area contributed by atoms with Crippen LogP contribution in [-0.4, -0.2) is 18.9 Å². The van der Waals surface area contributed by atoms with Crippen molar-refractivity contribution in [1.29, 1.82) is 0 Å². The minimum absolute atomic E-state index is 0.0725. The van der Waals surface area contributed by atoms with E-state index < -0.39 is 5.97 Å². The van der Waals surface area contributed by atoms with Gasteiger partial charge in [-0.15, -0.1) is 0 Å². The van der Waals surface area contributed by atoms with Gasteiger partial charge in [-0.3, -0.25) is 4.79 Å². The van der Waals surface area contributed by atoms with E-state index in [4.69, 9.17) is 0 Å². The summed E-state index contributed by atoms with van der Waals surface area (Å²) in [5.41, 5.74) is 0.700. The Balaban J connectivity index is 3.32. The lowest BCUT2D eigenvalue weighted by atomic mass is 10.0. The zero-order valence-corrected chi connectivity index (χ0v) is 10.1. The largest absolute Gasteiger partial charge is 0.465 e. The van der Waals surface area contributed by atoms with Crippen molar-refractivity contribution in [3.05, 3.63) is 33.8 Å². The first kappa shape index (κ1) is 11.9. The zero-order valence-electron chi connectivity index (χ0n) is 8.54. The van der Waals surface area contributed by atoms with Crippen LogP contribution >= 0.6 is 15.9 Å². The summed E-state index contributed by atoms with van der Waals surface area (Å²) in [5, 5.41) is 0. The van der Waals surface area contributed by atoms with Crippen molar-refractivity contribution in [2.45, 2.75) is 13.3 Å². The lowest BCUT2D eigenvalue weighted by molar-refractivity contribution is 0.0596. The molecule has 0 atom stereocenters. The monoisotopic (exact) mass is 270 g/mol. The van der Waals surface area contributed by atoms with E-state index in [1.165, 1.54) is 7.11 Å². The first-order valence-electron chi connectivity index (χ1n) is 4.51. The Kier molecular flexibility index (Phi) is 4.03. The second-order valence-corrected chi connectivity index (χ2v) is 3.79. The molecule has 0 N–H and O–H groups in total. The number of ketones is 1. The van der Waals surface area contributed by atoms with E-state index in [1.807, 2.05) is 0 Å². The molecule has 0 amide bonds. The van der Waals surface area contributed by atoms with Gasteiger partial charge in [0.25, 0.3) is 0 Å². The Bertz CT molecular complexity index is 399. The van der Waals surface area contributed by atoms with Gasteiger partial charge in [0.05, 0.1) is 12.7 Å². The number of methoxy groups -OCH3 is 1. The molecule has 4 heteroatoms. The molecule has 0 aliphatic heterocycles. The lowest BCUT2D eigenvalue weighted by Gasteiger charge is -2.07. The van der Waals surface area contributed by atoms with E-state index in [2.05, 4.69) is 20.7 Å². The fraction of sp³-hybridized carbons (Fsp3) is 0.273. The van der Waals surface area contributed by atoms with Crippen LogP contribution in [0.5, 0.6) is 0 Å². The van der Waals surface area contributed by atoms with Crippen LogP contribution in [-0.2, 0) is 4.74 Å². The Morgan fingerprint density at radius 3 is 2.60 bits per heavy atom. The van der Waals surface area contributed by atoms with Gasteiger partial charge < -0.3 is 4.74 Å². The highest BCUT2D eigenvalue weighted by Crippen LogP contribution is 2.22. The van der Waals surface area contributed by atoms with Crippen LogP contribution in [0.4, 0.5) is 0 Å². The van der Waals surface area contributed by atoms with Crippen molar-refractivity contribution in [2.24, 2.45) is 0 Å². The molecule has 15 heavy (non-hydrogen) atoms. The predicted molar refractivity (Wildman–Crippen MR) is 60.1 cm³/mol. The number of carbonyl (C=O) groups excluding carboxylic acids is 2. The first-order chi connectivity index (χ1) is 7.11. The highest BCUT2D eigenvalue weighted by atomic mass is 79.9. The summed E-state index contributed by atoms with van der Waals surface area (Å²) in [6.45, 7) is 1.75. The number of rotatable bonds is 3. The van der Waals surface area contributed by atoms with Crippen LogP contribution in [0.25, 0.3) is 0 Å². The van der Waals surface area contributed by atoms with Gasteiger partial charge in [-0.2, -0.15) is 0 Å². The fourth-order valence-corrected chi connectivity index (χ4v) is 1.78. The average Bonchev–Trinajstić information content (AvgIpc) is 2.26. The number of Topliss-reactive ketones (excluding diaryl/α,β-unsaturated/α-hetero) is 1. The van der Waals surface area contributed by atoms with E-state index in [0.717, 1.165) is 0 Å². The number of hydrogen-bond acceptors (Lipinski definition) is 3. The summed E-state index contributed by atoms with van der Waals surface area (Å²) in [6, 6.07) is 5.06. The van der Waals surface area contributed by atoms with Gasteiger partial charge in [0, 0.05) is 16.5 Å². The number of ether oxygens (including phenoxy) is 1. The molecule has 0 radical (unpaired) electrons. The SMILES string of the molecule is CCC(=O)c1cccc(Br)c1C(=O)OC. The quantitative estimate of drug-likeness (QED) is 0.627. The Hall–Kier alpha value is -1.16. The zero-order chi connectivity index (χ0) is 11.4. The third-order valence-corrected chi connectivity index (χ3v) is 2.69. The number of carbonyl (C=O) groups is 2. The summed E-state index contributed by atoms with van der Waals surface area (Å²) < 4.78 is 5.21. The van der Waals surface area contributed by atoms with Gasteiger partial charge in [0.15, 0.2) is 5.78 Å². The number of hydrogen-bond donors (Lipinski definition) is 0.